The highest BCUT2D eigenvalue weighted by atomic mass is 16.2. The minimum absolute atomic E-state index is 0.165. The van der Waals surface area contributed by atoms with Crippen LogP contribution in [-0.4, -0.2) is 40.0 Å². The van der Waals surface area contributed by atoms with Crippen molar-refractivity contribution in [2.75, 3.05) is 19.6 Å². The molecule has 2 aromatic rings. The highest BCUT2D eigenvalue weighted by Gasteiger charge is 2.37. The zero-order valence-electron chi connectivity index (χ0n) is 15.2. The number of rotatable bonds is 4. The molecule has 1 atom stereocenters. The highest BCUT2D eigenvalue weighted by molar-refractivity contribution is 5.83. The van der Waals surface area contributed by atoms with Crippen LogP contribution in [0.25, 0.3) is 11.0 Å². The topological polar surface area (TPSA) is 50.2 Å². The van der Waals surface area contributed by atoms with Crippen LogP contribution in [0.2, 0.25) is 0 Å². The van der Waals surface area contributed by atoms with Crippen molar-refractivity contribution in [3.8, 4) is 0 Å². The third kappa shape index (κ3) is 3.18. The van der Waals surface area contributed by atoms with E-state index in [0.717, 1.165) is 54.9 Å². The van der Waals surface area contributed by atoms with E-state index in [1.807, 2.05) is 14.0 Å². The lowest BCUT2D eigenvalue weighted by atomic mass is 9.81. The molecule has 1 unspecified atom stereocenters. The van der Waals surface area contributed by atoms with Crippen molar-refractivity contribution in [3.05, 3.63) is 29.6 Å². The molecular weight excluding hydrogens is 300 g/mol. The average molecular weight is 328 g/mol. The van der Waals surface area contributed by atoms with Gasteiger partial charge in [-0.05, 0) is 57.5 Å². The summed E-state index contributed by atoms with van der Waals surface area (Å²) < 4.78 is 2.08. The summed E-state index contributed by atoms with van der Waals surface area (Å²) in [5, 5.41) is 3.14. The Morgan fingerprint density at radius 3 is 2.96 bits per heavy atom. The van der Waals surface area contributed by atoms with E-state index >= 15 is 0 Å². The van der Waals surface area contributed by atoms with E-state index in [0.29, 0.717) is 6.54 Å². The number of amides is 1. The fraction of sp³-hybridized carbons (Fsp3) is 0.579. The van der Waals surface area contributed by atoms with Crippen LogP contribution >= 0.6 is 0 Å². The monoisotopic (exact) mass is 328 g/mol. The maximum atomic E-state index is 12.7. The quantitative estimate of drug-likeness (QED) is 0.938. The largest absolute Gasteiger partial charge is 0.352 e. The molecule has 1 saturated heterocycles. The van der Waals surface area contributed by atoms with Gasteiger partial charge in [0.2, 0.25) is 5.91 Å². The van der Waals surface area contributed by atoms with E-state index in [1.165, 1.54) is 0 Å². The summed E-state index contributed by atoms with van der Waals surface area (Å²) in [4.78, 5) is 19.7. The van der Waals surface area contributed by atoms with E-state index in [2.05, 4.69) is 51.8 Å². The van der Waals surface area contributed by atoms with Gasteiger partial charge < -0.3 is 14.8 Å². The first-order chi connectivity index (χ1) is 11.4. The predicted molar refractivity (Wildman–Crippen MR) is 96.8 cm³/mol. The van der Waals surface area contributed by atoms with Crippen LogP contribution in [0.4, 0.5) is 0 Å². The van der Waals surface area contributed by atoms with Gasteiger partial charge in [0.05, 0.1) is 16.4 Å². The Morgan fingerprint density at radius 2 is 2.21 bits per heavy atom. The minimum atomic E-state index is -0.278. The summed E-state index contributed by atoms with van der Waals surface area (Å²) in [6.45, 7) is 9.79. The second-order valence-corrected chi connectivity index (χ2v) is 7.26. The molecule has 1 aromatic carbocycles. The summed E-state index contributed by atoms with van der Waals surface area (Å²) in [5.74, 6) is 1.17. The third-order valence-electron chi connectivity index (χ3n) is 5.39. The molecule has 0 bridgehead atoms. The van der Waals surface area contributed by atoms with Crippen LogP contribution in [-0.2, 0) is 18.4 Å². The number of carbonyl (C=O) groups is 1. The molecule has 130 valence electrons. The minimum Gasteiger partial charge on any atom is -0.352 e. The number of benzene rings is 1. The van der Waals surface area contributed by atoms with Crippen LogP contribution in [0.1, 0.15) is 38.1 Å². The van der Waals surface area contributed by atoms with E-state index in [1.54, 1.807) is 0 Å². The highest BCUT2D eigenvalue weighted by Crippen LogP contribution is 2.29. The number of likely N-dealkylation sites (tertiary alicyclic amines) is 1. The number of nitrogens with one attached hydrogen (secondary N) is 1. The Morgan fingerprint density at radius 1 is 1.42 bits per heavy atom. The first-order valence-electron chi connectivity index (χ1n) is 8.85. The summed E-state index contributed by atoms with van der Waals surface area (Å²) in [6.07, 6.45) is 2.06. The van der Waals surface area contributed by atoms with Gasteiger partial charge in [-0.1, -0.05) is 13.0 Å². The molecule has 1 aliphatic heterocycles. The SMILES string of the molecule is CCN1CCCC(C)(C(=O)NCc2ccc3c(c2)nc(C)n3C)C1. The Labute approximate surface area is 144 Å². The predicted octanol–water partition coefficient (Wildman–Crippen LogP) is 2.62. The molecule has 24 heavy (non-hydrogen) atoms. The molecule has 0 saturated carbocycles. The van der Waals surface area contributed by atoms with Gasteiger partial charge in [0.1, 0.15) is 5.82 Å². The Kier molecular flexibility index (Phi) is 4.63. The standard InChI is InChI=1S/C19H28N4O/c1-5-23-10-6-9-19(3,13-23)18(24)20-12-15-7-8-17-16(11-15)21-14(2)22(17)4/h7-8,11H,5-6,9-10,12-13H2,1-4H3,(H,20,24). The molecule has 1 fully saturated rings. The number of aryl methyl sites for hydroxylation is 2. The van der Waals surface area contributed by atoms with E-state index in [4.69, 9.17) is 0 Å². The van der Waals surface area contributed by atoms with Crippen molar-refractivity contribution in [1.29, 1.82) is 0 Å². The lowest BCUT2D eigenvalue weighted by molar-refractivity contribution is -0.133. The van der Waals surface area contributed by atoms with Crippen LogP contribution < -0.4 is 5.32 Å². The van der Waals surface area contributed by atoms with E-state index in [-0.39, 0.29) is 11.3 Å². The van der Waals surface area contributed by atoms with Crippen LogP contribution in [0, 0.1) is 12.3 Å². The number of piperidine rings is 1. The zero-order chi connectivity index (χ0) is 17.3. The number of nitrogens with zero attached hydrogens (tertiary/aromatic N) is 3. The van der Waals surface area contributed by atoms with Gasteiger partial charge >= 0.3 is 0 Å². The zero-order valence-corrected chi connectivity index (χ0v) is 15.2. The molecule has 1 N–H and O–H groups in total. The van der Waals surface area contributed by atoms with Gasteiger partial charge in [-0.2, -0.15) is 0 Å². The van der Waals surface area contributed by atoms with E-state index < -0.39 is 0 Å². The number of carbonyl (C=O) groups excluding carboxylic acids is 1. The lowest BCUT2D eigenvalue weighted by Gasteiger charge is -2.38. The van der Waals surface area contributed by atoms with Crippen LogP contribution in [0.3, 0.4) is 0 Å². The van der Waals surface area contributed by atoms with Gasteiger partial charge in [0, 0.05) is 20.1 Å². The van der Waals surface area contributed by atoms with Gasteiger partial charge in [-0.15, -0.1) is 0 Å². The number of imidazole rings is 1. The summed E-state index contributed by atoms with van der Waals surface area (Å²) in [6, 6.07) is 6.23. The number of fused-ring (bicyclic) bond motifs is 1. The first kappa shape index (κ1) is 17.0. The first-order valence-corrected chi connectivity index (χ1v) is 8.85. The second kappa shape index (κ2) is 6.55. The van der Waals surface area contributed by atoms with Gasteiger partial charge in [0.15, 0.2) is 0 Å². The maximum Gasteiger partial charge on any atom is 0.227 e. The van der Waals surface area contributed by atoms with E-state index in [9.17, 15) is 4.79 Å². The fourth-order valence-electron chi connectivity index (χ4n) is 3.67. The third-order valence-corrected chi connectivity index (χ3v) is 5.39. The average Bonchev–Trinajstić information content (AvgIpc) is 2.86. The van der Waals surface area contributed by atoms with Gasteiger partial charge in [0.25, 0.3) is 0 Å². The van der Waals surface area contributed by atoms with Crippen molar-refractivity contribution in [2.24, 2.45) is 12.5 Å². The Balaban J connectivity index is 1.67. The Bertz CT molecular complexity index is 751. The van der Waals surface area contributed by atoms with Crippen molar-refractivity contribution in [3.63, 3.8) is 0 Å². The van der Waals surface area contributed by atoms with Crippen LogP contribution in [0.5, 0.6) is 0 Å². The lowest BCUT2D eigenvalue weighted by Crippen LogP contribution is -2.50. The van der Waals surface area contributed by atoms with Crippen molar-refractivity contribution in [1.82, 2.24) is 19.8 Å². The number of aromatic nitrogens is 2. The molecule has 0 radical (unpaired) electrons. The van der Waals surface area contributed by atoms with Crippen LogP contribution in [0.15, 0.2) is 18.2 Å². The molecular formula is C19H28N4O. The molecule has 2 heterocycles. The number of hydrogen-bond donors (Lipinski definition) is 1. The van der Waals surface area contributed by atoms with Crippen molar-refractivity contribution >= 4 is 16.9 Å². The molecule has 1 aromatic heterocycles. The summed E-state index contributed by atoms with van der Waals surface area (Å²) in [7, 11) is 2.02. The molecule has 0 aliphatic carbocycles. The number of hydrogen-bond acceptors (Lipinski definition) is 3. The molecule has 3 rings (SSSR count). The molecule has 5 nitrogen and oxygen atoms in total. The maximum absolute atomic E-state index is 12.7. The summed E-state index contributed by atoms with van der Waals surface area (Å²) >= 11 is 0. The smallest absolute Gasteiger partial charge is 0.227 e. The normalized spacial score (nSPS) is 22.0. The fourth-order valence-corrected chi connectivity index (χ4v) is 3.67. The second-order valence-electron chi connectivity index (χ2n) is 7.26. The molecule has 0 spiro atoms. The summed E-state index contributed by atoms with van der Waals surface area (Å²) in [5.41, 5.74) is 2.93. The van der Waals surface area contributed by atoms with Crippen molar-refractivity contribution < 1.29 is 4.79 Å². The molecule has 5 heteroatoms. The molecule has 1 aliphatic rings. The van der Waals surface area contributed by atoms with Crippen molar-refractivity contribution in [2.45, 2.75) is 40.2 Å². The van der Waals surface area contributed by atoms with Gasteiger partial charge in [-0.25, -0.2) is 4.98 Å². The molecule has 1 amide bonds. The van der Waals surface area contributed by atoms with Gasteiger partial charge in [-0.3, -0.25) is 4.79 Å². The Hall–Kier alpha value is -1.88.